The molecule has 4 rings (SSSR count). The maximum absolute atomic E-state index is 13.1. The van der Waals surface area contributed by atoms with E-state index in [9.17, 15) is 20.1 Å². The van der Waals surface area contributed by atoms with Crippen molar-refractivity contribution in [1.82, 2.24) is 0 Å². The molecule has 0 aromatic rings. The third-order valence-corrected chi connectivity index (χ3v) is 8.61. The van der Waals surface area contributed by atoms with Gasteiger partial charge in [-0.05, 0) is 60.3 Å². The highest BCUT2D eigenvalue weighted by Crippen LogP contribution is 2.70. The molecule has 0 aliphatic heterocycles. The zero-order chi connectivity index (χ0) is 17.5. The minimum absolute atomic E-state index is 0.0251. The van der Waals surface area contributed by atoms with Crippen LogP contribution in [-0.4, -0.2) is 39.9 Å². The van der Waals surface area contributed by atoms with Gasteiger partial charge < -0.3 is 15.3 Å². The molecular formula is C20H30O4. The summed E-state index contributed by atoms with van der Waals surface area (Å²) < 4.78 is 0. The topological polar surface area (TPSA) is 77.8 Å². The average molecular weight is 334 g/mol. The molecule has 0 aromatic carbocycles. The molecule has 3 N–H and O–H groups in total. The van der Waals surface area contributed by atoms with E-state index in [0.717, 1.165) is 32.1 Å². The summed E-state index contributed by atoms with van der Waals surface area (Å²) in [4.78, 5) is 13.1. The molecule has 0 radical (unpaired) electrons. The van der Waals surface area contributed by atoms with Crippen LogP contribution in [0.1, 0.15) is 52.4 Å². The van der Waals surface area contributed by atoms with E-state index in [-0.39, 0.29) is 41.0 Å². The zero-order valence-electron chi connectivity index (χ0n) is 14.8. The molecule has 1 spiro atoms. The van der Waals surface area contributed by atoms with Crippen LogP contribution in [0.3, 0.4) is 0 Å². The lowest BCUT2D eigenvalue weighted by atomic mass is 9.39. The van der Waals surface area contributed by atoms with Gasteiger partial charge in [0.05, 0.1) is 17.6 Å². The van der Waals surface area contributed by atoms with Crippen molar-refractivity contribution in [3.05, 3.63) is 12.2 Å². The molecule has 4 aliphatic rings. The second kappa shape index (κ2) is 4.93. The quantitative estimate of drug-likeness (QED) is 0.642. The van der Waals surface area contributed by atoms with Gasteiger partial charge in [-0.1, -0.05) is 26.8 Å². The Morgan fingerprint density at radius 1 is 1.17 bits per heavy atom. The second-order valence-electron chi connectivity index (χ2n) is 9.44. The van der Waals surface area contributed by atoms with E-state index in [1.165, 1.54) is 0 Å². The van der Waals surface area contributed by atoms with E-state index in [1.54, 1.807) is 0 Å². The SMILES string of the molecule is C=C1C(=O)[C@@]23[C@H](O)C[C@@H]4[C@@](C)(CO)CCC[C@@]4(C)[C@@H]2CC[C@@H]1[C@H]3O. The van der Waals surface area contributed by atoms with Crippen LogP contribution < -0.4 is 0 Å². The van der Waals surface area contributed by atoms with E-state index in [1.807, 2.05) is 0 Å². The number of carbonyl (C=O) groups excluding carboxylic acids is 1. The Labute approximate surface area is 144 Å². The average Bonchev–Trinajstić information content (AvgIpc) is 2.66. The molecule has 4 aliphatic carbocycles. The summed E-state index contributed by atoms with van der Waals surface area (Å²) in [7, 11) is 0. The van der Waals surface area contributed by atoms with Gasteiger partial charge >= 0.3 is 0 Å². The van der Waals surface area contributed by atoms with Gasteiger partial charge in [-0.2, -0.15) is 0 Å². The first-order chi connectivity index (χ1) is 11.2. The number of aliphatic hydroxyl groups is 3. The molecule has 134 valence electrons. The van der Waals surface area contributed by atoms with E-state index in [2.05, 4.69) is 20.4 Å². The fourth-order valence-electron chi connectivity index (χ4n) is 7.44. The Hall–Kier alpha value is -0.710. The van der Waals surface area contributed by atoms with Crippen LogP contribution in [0.15, 0.2) is 12.2 Å². The van der Waals surface area contributed by atoms with Gasteiger partial charge in [-0.3, -0.25) is 4.79 Å². The number of rotatable bonds is 1. The minimum Gasteiger partial charge on any atom is -0.396 e. The number of carbonyl (C=O) groups is 1. The van der Waals surface area contributed by atoms with Crippen molar-refractivity contribution in [3.8, 4) is 0 Å². The Morgan fingerprint density at radius 2 is 1.88 bits per heavy atom. The lowest BCUT2D eigenvalue weighted by Crippen LogP contribution is -2.67. The van der Waals surface area contributed by atoms with Gasteiger partial charge in [0.2, 0.25) is 0 Å². The number of aliphatic hydroxyl groups excluding tert-OH is 3. The molecule has 4 fully saturated rings. The fourth-order valence-corrected chi connectivity index (χ4v) is 7.44. The second-order valence-corrected chi connectivity index (χ2v) is 9.44. The molecule has 8 atom stereocenters. The Bertz CT molecular complexity index is 600. The van der Waals surface area contributed by atoms with Crippen molar-refractivity contribution in [2.45, 2.75) is 64.6 Å². The molecule has 0 aromatic heterocycles. The number of hydrogen-bond donors (Lipinski definition) is 3. The van der Waals surface area contributed by atoms with Crippen LogP contribution in [0.25, 0.3) is 0 Å². The number of hydrogen-bond acceptors (Lipinski definition) is 4. The van der Waals surface area contributed by atoms with Crippen LogP contribution in [0, 0.1) is 34.0 Å². The van der Waals surface area contributed by atoms with Gasteiger partial charge in [-0.25, -0.2) is 0 Å². The van der Waals surface area contributed by atoms with Crippen molar-refractivity contribution in [2.75, 3.05) is 6.61 Å². The summed E-state index contributed by atoms with van der Waals surface area (Å²) >= 11 is 0. The van der Waals surface area contributed by atoms with Crippen molar-refractivity contribution >= 4 is 5.78 Å². The lowest BCUT2D eigenvalue weighted by Gasteiger charge is -2.65. The van der Waals surface area contributed by atoms with E-state index < -0.39 is 17.6 Å². The van der Waals surface area contributed by atoms with Crippen molar-refractivity contribution in [2.24, 2.45) is 34.0 Å². The Balaban J connectivity index is 1.86. The minimum atomic E-state index is -1.06. The molecule has 24 heavy (non-hydrogen) atoms. The predicted octanol–water partition coefficient (Wildman–Crippen LogP) is 2.07. The summed E-state index contributed by atoms with van der Waals surface area (Å²) in [5.74, 6) is -0.120. The third kappa shape index (κ3) is 1.63. The molecule has 4 heteroatoms. The smallest absolute Gasteiger partial charge is 0.170 e. The van der Waals surface area contributed by atoms with E-state index >= 15 is 0 Å². The zero-order valence-corrected chi connectivity index (χ0v) is 14.8. The Kier molecular flexibility index (Phi) is 3.44. The predicted molar refractivity (Wildman–Crippen MR) is 90.1 cm³/mol. The van der Waals surface area contributed by atoms with Gasteiger partial charge in [0.25, 0.3) is 0 Å². The van der Waals surface area contributed by atoms with Crippen molar-refractivity contribution in [1.29, 1.82) is 0 Å². The highest BCUT2D eigenvalue weighted by molar-refractivity contribution is 6.04. The summed E-state index contributed by atoms with van der Waals surface area (Å²) in [6.45, 7) is 8.44. The first kappa shape index (κ1) is 16.7. The summed E-state index contributed by atoms with van der Waals surface area (Å²) in [6.07, 6.45) is 3.49. The van der Waals surface area contributed by atoms with Gasteiger partial charge in [0.15, 0.2) is 5.78 Å². The molecule has 2 bridgehead atoms. The number of Topliss-reactive ketones (excluding diaryl/α,β-unsaturated/α-hetero) is 1. The number of fused-ring (bicyclic) bond motifs is 3. The van der Waals surface area contributed by atoms with Gasteiger partial charge in [0, 0.05) is 12.5 Å². The third-order valence-electron chi connectivity index (χ3n) is 8.61. The van der Waals surface area contributed by atoms with Crippen LogP contribution in [0.5, 0.6) is 0 Å². The molecule has 0 unspecified atom stereocenters. The molecule has 0 saturated heterocycles. The monoisotopic (exact) mass is 334 g/mol. The van der Waals surface area contributed by atoms with Gasteiger partial charge in [-0.15, -0.1) is 0 Å². The van der Waals surface area contributed by atoms with E-state index in [0.29, 0.717) is 12.0 Å². The Morgan fingerprint density at radius 3 is 2.54 bits per heavy atom. The van der Waals surface area contributed by atoms with Crippen molar-refractivity contribution < 1.29 is 20.1 Å². The van der Waals surface area contributed by atoms with E-state index in [4.69, 9.17) is 0 Å². The van der Waals surface area contributed by atoms with Crippen LogP contribution >= 0.6 is 0 Å². The molecule has 0 heterocycles. The largest absolute Gasteiger partial charge is 0.396 e. The number of ketones is 1. The lowest BCUT2D eigenvalue weighted by molar-refractivity contribution is -0.230. The highest BCUT2D eigenvalue weighted by Gasteiger charge is 2.73. The maximum Gasteiger partial charge on any atom is 0.170 e. The van der Waals surface area contributed by atoms with Crippen LogP contribution in [0.2, 0.25) is 0 Å². The maximum atomic E-state index is 13.1. The molecule has 4 saturated carbocycles. The summed E-state index contributed by atoms with van der Waals surface area (Å²) in [5.41, 5.74) is -0.872. The standard InChI is InChI=1S/C20H30O4/c1-11-12-5-6-13-19(3)8-4-7-18(2,10-21)14(19)9-15(22)20(13,16(11)23)17(12)24/h12-15,17,21-22,24H,1,4-10H2,2-3H3/t12-,13-,14+,15+,17+,18+,19-,20-/m0/s1. The first-order valence-corrected chi connectivity index (χ1v) is 9.44. The summed E-state index contributed by atoms with van der Waals surface area (Å²) in [5, 5.41) is 32.2. The van der Waals surface area contributed by atoms with Crippen LogP contribution in [0.4, 0.5) is 0 Å². The van der Waals surface area contributed by atoms with Gasteiger partial charge in [0.1, 0.15) is 0 Å². The molecular weight excluding hydrogens is 304 g/mol. The normalized spacial score (nSPS) is 56.8. The summed E-state index contributed by atoms with van der Waals surface area (Å²) in [6, 6.07) is 0. The fraction of sp³-hybridized carbons (Fsp3) is 0.850. The van der Waals surface area contributed by atoms with Crippen LogP contribution in [-0.2, 0) is 4.79 Å². The first-order valence-electron chi connectivity index (χ1n) is 9.44. The molecule has 0 amide bonds. The molecule has 4 nitrogen and oxygen atoms in total. The van der Waals surface area contributed by atoms with Crippen molar-refractivity contribution in [3.63, 3.8) is 0 Å². The highest BCUT2D eigenvalue weighted by atomic mass is 16.3.